The molecule has 0 heterocycles. The molecular weight excluding hydrogens is 140 g/mol. The van der Waals surface area contributed by atoms with E-state index >= 15 is 0 Å². The van der Waals surface area contributed by atoms with Crippen molar-refractivity contribution in [2.24, 2.45) is 0 Å². The summed E-state index contributed by atoms with van der Waals surface area (Å²) < 4.78 is 8.25. The molecule has 0 bridgehead atoms. The molecule has 0 atom stereocenters. The molecule has 0 aliphatic carbocycles. The van der Waals surface area contributed by atoms with Gasteiger partial charge in [-0.1, -0.05) is 0 Å². The number of carbonyl (C=O) groups is 2. The molecule has 0 aromatic carbocycles. The lowest BCUT2D eigenvalue weighted by molar-refractivity contribution is 0.148. The number of methoxy groups -OCH3 is 2. The summed E-state index contributed by atoms with van der Waals surface area (Å²) in [5.74, 6) is 0. The summed E-state index contributed by atoms with van der Waals surface area (Å²) >= 11 is 0. The van der Waals surface area contributed by atoms with Crippen LogP contribution in [0.2, 0.25) is 0 Å². The highest BCUT2D eigenvalue weighted by Gasteiger charge is 2.00. The van der Waals surface area contributed by atoms with Crippen molar-refractivity contribution in [3.05, 3.63) is 0 Å². The molecule has 0 saturated carbocycles. The SMILES string of the molecule is COC(=O)NNC(=O)OC. The molecule has 0 radical (unpaired) electrons. The zero-order valence-electron chi connectivity index (χ0n) is 5.63. The minimum Gasteiger partial charge on any atom is -0.452 e. The highest BCUT2D eigenvalue weighted by molar-refractivity contribution is 5.73. The molecule has 2 N–H and O–H groups in total. The van der Waals surface area contributed by atoms with Gasteiger partial charge >= 0.3 is 12.2 Å². The van der Waals surface area contributed by atoms with Gasteiger partial charge in [0.1, 0.15) is 0 Å². The minimum atomic E-state index is -0.759. The number of amides is 2. The van der Waals surface area contributed by atoms with Crippen molar-refractivity contribution in [3.8, 4) is 0 Å². The second kappa shape index (κ2) is 4.42. The summed E-state index contributed by atoms with van der Waals surface area (Å²) in [5.41, 5.74) is 3.79. The third kappa shape index (κ3) is 3.53. The van der Waals surface area contributed by atoms with Crippen molar-refractivity contribution in [3.63, 3.8) is 0 Å². The predicted molar refractivity (Wildman–Crippen MR) is 31.1 cm³/mol. The Morgan fingerprint density at radius 2 is 1.30 bits per heavy atom. The number of carbonyl (C=O) groups excluding carboxylic acids is 2. The van der Waals surface area contributed by atoms with E-state index < -0.39 is 12.2 Å². The molecular formula is C4H8N2O4. The summed E-state index contributed by atoms with van der Waals surface area (Å²) in [6.07, 6.45) is -1.52. The van der Waals surface area contributed by atoms with Crippen molar-refractivity contribution in [2.45, 2.75) is 0 Å². The average Bonchev–Trinajstić information content (AvgIpc) is 1.99. The number of nitrogens with one attached hydrogen (secondary N) is 2. The van der Waals surface area contributed by atoms with Gasteiger partial charge < -0.3 is 9.47 Å². The molecule has 0 aliphatic heterocycles. The van der Waals surface area contributed by atoms with E-state index in [2.05, 4.69) is 9.47 Å². The van der Waals surface area contributed by atoms with Crippen LogP contribution in [0.15, 0.2) is 0 Å². The smallest absolute Gasteiger partial charge is 0.425 e. The van der Waals surface area contributed by atoms with Crippen molar-refractivity contribution < 1.29 is 19.1 Å². The van der Waals surface area contributed by atoms with E-state index in [-0.39, 0.29) is 0 Å². The molecule has 2 amide bonds. The van der Waals surface area contributed by atoms with E-state index in [1.807, 2.05) is 10.9 Å². The molecule has 58 valence electrons. The van der Waals surface area contributed by atoms with Gasteiger partial charge in [0.2, 0.25) is 0 Å². The van der Waals surface area contributed by atoms with E-state index in [9.17, 15) is 9.59 Å². The summed E-state index contributed by atoms with van der Waals surface area (Å²) in [6, 6.07) is 0. The van der Waals surface area contributed by atoms with Gasteiger partial charge in [0.25, 0.3) is 0 Å². The fourth-order valence-corrected chi connectivity index (χ4v) is 0.204. The normalized spacial score (nSPS) is 7.80. The van der Waals surface area contributed by atoms with Gasteiger partial charge in [-0.2, -0.15) is 0 Å². The summed E-state index contributed by atoms with van der Waals surface area (Å²) in [5, 5.41) is 0. The van der Waals surface area contributed by atoms with Crippen molar-refractivity contribution in [1.82, 2.24) is 10.9 Å². The lowest BCUT2D eigenvalue weighted by Gasteiger charge is -2.02. The van der Waals surface area contributed by atoms with Gasteiger partial charge in [-0.15, -0.1) is 0 Å². The van der Waals surface area contributed by atoms with Crippen LogP contribution in [0.25, 0.3) is 0 Å². The molecule has 6 nitrogen and oxygen atoms in total. The van der Waals surface area contributed by atoms with E-state index in [1.165, 1.54) is 14.2 Å². The Kier molecular flexibility index (Phi) is 3.78. The van der Waals surface area contributed by atoms with Crippen molar-refractivity contribution in [1.29, 1.82) is 0 Å². The minimum absolute atomic E-state index is 0.759. The lowest BCUT2D eigenvalue weighted by atomic mass is 11.1. The first-order chi connectivity index (χ1) is 4.70. The van der Waals surface area contributed by atoms with Crippen LogP contribution in [0.1, 0.15) is 0 Å². The number of hydrazine groups is 1. The summed E-state index contributed by atoms with van der Waals surface area (Å²) in [4.78, 5) is 20.5. The zero-order chi connectivity index (χ0) is 7.98. The second-order valence-corrected chi connectivity index (χ2v) is 1.23. The average molecular weight is 148 g/mol. The number of ether oxygens (including phenoxy) is 2. The van der Waals surface area contributed by atoms with Crippen LogP contribution in [0.5, 0.6) is 0 Å². The molecule has 0 aromatic heterocycles. The zero-order valence-corrected chi connectivity index (χ0v) is 5.63. The quantitative estimate of drug-likeness (QED) is 0.459. The second-order valence-electron chi connectivity index (χ2n) is 1.23. The highest BCUT2D eigenvalue weighted by Crippen LogP contribution is 1.69. The first-order valence-electron chi connectivity index (χ1n) is 2.38. The van der Waals surface area contributed by atoms with Gasteiger partial charge in [0.15, 0.2) is 0 Å². The van der Waals surface area contributed by atoms with Gasteiger partial charge in [0.05, 0.1) is 14.2 Å². The van der Waals surface area contributed by atoms with Crippen LogP contribution in [0.4, 0.5) is 9.59 Å². The summed E-state index contributed by atoms with van der Waals surface area (Å²) in [6.45, 7) is 0. The van der Waals surface area contributed by atoms with Gasteiger partial charge in [-0.3, -0.25) is 0 Å². The molecule has 0 unspecified atom stereocenters. The monoisotopic (exact) mass is 148 g/mol. The van der Waals surface area contributed by atoms with Crippen LogP contribution < -0.4 is 10.9 Å². The Bertz CT molecular complexity index is 119. The number of rotatable bonds is 0. The van der Waals surface area contributed by atoms with Crippen LogP contribution in [0, 0.1) is 0 Å². The maximum absolute atomic E-state index is 10.2. The van der Waals surface area contributed by atoms with Crippen LogP contribution >= 0.6 is 0 Å². The first-order valence-corrected chi connectivity index (χ1v) is 2.38. The Labute approximate surface area is 57.5 Å². The summed E-state index contributed by atoms with van der Waals surface area (Å²) in [7, 11) is 2.35. The number of hydrogen-bond acceptors (Lipinski definition) is 4. The highest BCUT2D eigenvalue weighted by atomic mass is 16.6. The van der Waals surface area contributed by atoms with Gasteiger partial charge in [-0.25, -0.2) is 20.4 Å². The van der Waals surface area contributed by atoms with Crippen molar-refractivity contribution >= 4 is 12.2 Å². The van der Waals surface area contributed by atoms with E-state index in [1.54, 1.807) is 0 Å². The van der Waals surface area contributed by atoms with E-state index in [4.69, 9.17) is 0 Å². The Morgan fingerprint density at radius 3 is 1.50 bits per heavy atom. The topological polar surface area (TPSA) is 76.7 Å². The molecule has 10 heavy (non-hydrogen) atoms. The molecule has 0 fully saturated rings. The van der Waals surface area contributed by atoms with E-state index in [0.717, 1.165) is 0 Å². The van der Waals surface area contributed by atoms with Crippen molar-refractivity contribution in [2.75, 3.05) is 14.2 Å². The Hall–Kier alpha value is -1.46. The van der Waals surface area contributed by atoms with Crippen LogP contribution in [-0.4, -0.2) is 26.4 Å². The fourth-order valence-electron chi connectivity index (χ4n) is 0.204. The number of hydrogen-bond donors (Lipinski definition) is 2. The maximum Gasteiger partial charge on any atom is 0.425 e. The molecule has 6 heteroatoms. The molecule has 0 saturated heterocycles. The van der Waals surface area contributed by atoms with E-state index in [0.29, 0.717) is 0 Å². The third-order valence-electron chi connectivity index (χ3n) is 0.637. The van der Waals surface area contributed by atoms with Crippen LogP contribution in [0.3, 0.4) is 0 Å². The molecule has 0 aromatic rings. The first kappa shape index (κ1) is 8.54. The Balaban J connectivity index is 3.35. The fraction of sp³-hybridized carbons (Fsp3) is 0.500. The van der Waals surface area contributed by atoms with Gasteiger partial charge in [0, 0.05) is 0 Å². The van der Waals surface area contributed by atoms with Crippen LogP contribution in [-0.2, 0) is 9.47 Å². The Morgan fingerprint density at radius 1 is 1.00 bits per heavy atom. The lowest BCUT2D eigenvalue weighted by Crippen LogP contribution is -2.41. The third-order valence-corrected chi connectivity index (χ3v) is 0.637. The molecule has 0 spiro atoms. The standard InChI is InChI=1S/C4H8N2O4/c1-9-3(7)5-6-4(8)10-2/h1-2H3,(H,5,7)(H,6,8). The van der Waals surface area contributed by atoms with Gasteiger partial charge in [-0.05, 0) is 0 Å². The largest absolute Gasteiger partial charge is 0.452 e. The predicted octanol–water partition coefficient (Wildman–Crippen LogP) is -0.387. The molecule has 0 aliphatic rings. The maximum atomic E-state index is 10.2. The molecule has 0 rings (SSSR count).